The SMILES string of the molecule is Nc1ccc(NCCc2ccc(F)cc2)cn1. The molecule has 88 valence electrons. The van der Waals surface area contributed by atoms with Crippen molar-refractivity contribution in [3.63, 3.8) is 0 Å². The van der Waals surface area contributed by atoms with Gasteiger partial charge in [-0.1, -0.05) is 12.1 Å². The molecule has 3 nitrogen and oxygen atoms in total. The first kappa shape index (κ1) is 11.4. The molecule has 17 heavy (non-hydrogen) atoms. The first-order valence-electron chi connectivity index (χ1n) is 5.44. The fourth-order valence-electron chi connectivity index (χ4n) is 1.51. The van der Waals surface area contributed by atoms with E-state index < -0.39 is 0 Å². The zero-order valence-corrected chi connectivity index (χ0v) is 9.36. The standard InChI is InChI=1S/C13H14FN3/c14-11-3-1-10(2-4-11)7-8-16-12-5-6-13(15)17-9-12/h1-6,9,16H,7-8H2,(H2,15,17). The topological polar surface area (TPSA) is 50.9 Å². The summed E-state index contributed by atoms with van der Waals surface area (Å²) in [6.45, 7) is 0.775. The lowest BCUT2D eigenvalue weighted by Gasteiger charge is -2.06. The molecule has 2 aromatic rings. The highest BCUT2D eigenvalue weighted by Crippen LogP contribution is 2.08. The monoisotopic (exact) mass is 231 g/mol. The number of hydrogen-bond acceptors (Lipinski definition) is 3. The van der Waals surface area contributed by atoms with E-state index in [0.29, 0.717) is 5.82 Å². The molecule has 0 radical (unpaired) electrons. The number of halogens is 1. The molecule has 0 saturated heterocycles. The molecule has 1 heterocycles. The Morgan fingerprint density at radius 1 is 1.12 bits per heavy atom. The van der Waals surface area contributed by atoms with Gasteiger partial charge in [-0.05, 0) is 36.2 Å². The van der Waals surface area contributed by atoms with E-state index in [1.807, 2.05) is 6.07 Å². The predicted molar refractivity (Wildman–Crippen MR) is 67.2 cm³/mol. The van der Waals surface area contributed by atoms with Gasteiger partial charge in [-0.2, -0.15) is 0 Å². The van der Waals surface area contributed by atoms with Crippen LogP contribution in [-0.2, 0) is 6.42 Å². The minimum absolute atomic E-state index is 0.204. The Bertz CT molecular complexity index is 420. The lowest BCUT2D eigenvalue weighted by Crippen LogP contribution is -2.05. The van der Waals surface area contributed by atoms with Gasteiger partial charge >= 0.3 is 0 Å². The predicted octanol–water partition coefficient (Wildman–Crippen LogP) is 2.46. The van der Waals surface area contributed by atoms with Crippen LogP contribution in [0.25, 0.3) is 0 Å². The van der Waals surface area contributed by atoms with E-state index in [1.165, 1.54) is 12.1 Å². The number of rotatable bonds is 4. The van der Waals surface area contributed by atoms with Gasteiger partial charge in [0.25, 0.3) is 0 Å². The maximum atomic E-state index is 12.7. The largest absolute Gasteiger partial charge is 0.384 e. The van der Waals surface area contributed by atoms with E-state index in [9.17, 15) is 4.39 Å². The van der Waals surface area contributed by atoms with Crippen LogP contribution in [0.1, 0.15) is 5.56 Å². The van der Waals surface area contributed by atoms with Crippen LogP contribution in [0.2, 0.25) is 0 Å². The number of anilines is 2. The van der Waals surface area contributed by atoms with Crippen LogP contribution >= 0.6 is 0 Å². The van der Waals surface area contributed by atoms with Crippen molar-refractivity contribution >= 4 is 11.5 Å². The summed E-state index contributed by atoms with van der Waals surface area (Å²) in [4.78, 5) is 3.98. The lowest BCUT2D eigenvalue weighted by atomic mass is 10.1. The van der Waals surface area contributed by atoms with Crippen molar-refractivity contribution in [1.29, 1.82) is 0 Å². The molecule has 0 aliphatic heterocycles. The van der Waals surface area contributed by atoms with Crippen molar-refractivity contribution in [3.8, 4) is 0 Å². The molecule has 1 aromatic heterocycles. The van der Waals surface area contributed by atoms with E-state index in [1.54, 1.807) is 24.4 Å². The summed E-state index contributed by atoms with van der Waals surface area (Å²) in [7, 11) is 0. The van der Waals surface area contributed by atoms with E-state index >= 15 is 0 Å². The molecule has 0 bridgehead atoms. The van der Waals surface area contributed by atoms with Gasteiger partial charge < -0.3 is 11.1 Å². The van der Waals surface area contributed by atoms with Crippen LogP contribution in [0.15, 0.2) is 42.6 Å². The third-order valence-corrected chi connectivity index (χ3v) is 2.44. The number of nitrogen functional groups attached to an aromatic ring is 1. The summed E-state index contributed by atoms with van der Waals surface area (Å²) in [5, 5.41) is 3.22. The molecular formula is C13H14FN3. The summed E-state index contributed by atoms with van der Waals surface area (Å²) in [6.07, 6.45) is 2.53. The number of hydrogen-bond donors (Lipinski definition) is 2. The Hall–Kier alpha value is -2.10. The lowest BCUT2D eigenvalue weighted by molar-refractivity contribution is 0.627. The molecule has 4 heteroatoms. The van der Waals surface area contributed by atoms with Crippen LogP contribution in [0, 0.1) is 5.82 Å². The first-order valence-corrected chi connectivity index (χ1v) is 5.44. The molecule has 0 atom stereocenters. The van der Waals surface area contributed by atoms with Crippen LogP contribution in [0.4, 0.5) is 15.9 Å². The minimum atomic E-state index is -0.204. The molecular weight excluding hydrogens is 217 g/mol. The fourth-order valence-corrected chi connectivity index (χ4v) is 1.51. The van der Waals surface area contributed by atoms with E-state index in [2.05, 4.69) is 10.3 Å². The second kappa shape index (κ2) is 5.30. The second-order valence-corrected chi connectivity index (χ2v) is 3.77. The Morgan fingerprint density at radius 3 is 2.53 bits per heavy atom. The van der Waals surface area contributed by atoms with Gasteiger partial charge in [0.15, 0.2) is 0 Å². The van der Waals surface area contributed by atoms with Crippen LogP contribution in [0.5, 0.6) is 0 Å². The average molecular weight is 231 g/mol. The van der Waals surface area contributed by atoms with Crippen molar-refractivity contribution in [2.45, 2.75) is 6.42 Å². The molecule has 0 saturated carbocycles. The molecule has 3 N–H and O–H groups in total. The van der Waals surface area contributed by atoms with Gasteiger partial charge in [-0.15, -0.1) is 0 Å². The minimum Gasteiger partial charge on any atom is -0.384 e. The maximum Gasteiger partial charge on any atom is 0.123 e. The van der Waals surface area contributed by atoms with Crippen molar-refractivity contribution < 1.29 is 4.39 Å². The van der Waals surface area contributed by atoms with Gasteiger partial charge in [-0.25, -0.2) is 9.37 Å². The normalized spacial score (nSPS) is 10.2. The molecule has 0 amide bonds. The Morgan fingerprint density at radius 2 is 1.88 bits per heavy atom. The number of benzene rings is 1. The summed E-state index contributed by atoms with van der Waals surface area (Å²) in [6, 6.07) is 10.2. The van der Waals surface area contributed by atoms with Gasteiger partial charge in [0, 0.05) is 6.54 Å². The average Bonchev–Trinajstić information content (AvgIpc) is 2.34. The van der Waals surface area contributed by atoms with E-state index in [4.69, 9.17) is 5.73 Å². The van der Waals surface area contributed by atoms with Crippen molar-refractivity contribution in [3.05, 3.63) is 54.0 Å². The second-order valence-electron chi connectivity index (χ2n) is 3.77. The number of nitrogens with two attached hydrogens (primary N) is 1. The maximum absolute atomic E-state index is 12.7. The Labute approximate surface area is 99.5 Å². The fraction of sp³-hybridized carbons (Fsp3) is 0.154. The highest BCUT2D eigenvalue weighted by molar-refractivity contribution is 5.45. The van der Waals surface area contributed by atoms with E-state index in [-0.39, 0.29) is 5.82 Å². The number of nitrogens with zero attached hydrogens (tertiary/aromatic N) is 1. The first-order chi connectivity index (χ1) is 8.24. The van der Waals surface area contributed by atoms with Gasteiger partial charge in [0.1, 0.15) is 11.6 Å². The quantitative estimate of drug-likeness (QED) is 0.849. The molecule has 0 aliphatic rings. The third kappa shape index (κ3) is 3.45. The zero-order chi connectivity index (χ0) is 12.1. The molecule has 0 aliphatic carbocycles. The third-order valence-electron chi connectivity index (χ3n) is 2.44. The summed E-state index contributed by atoms with van der Waals surface area (Å²) in [5.41, 5.74) is 7.52. The zero-order valence-electron chi connectivity index (χ0n) is 9.36. The Balaban J connectivity index is 1.83. The number of nitrogens with one attached hydrogen (secondary N) is 1. The number of pyridine rings is 1. The van der Waals surface area contributed by atoms with Crippen LogP contribution < -0.4 is 11.1 Å². The summed E-state index contributed by atoms with van der Waals surface area (Å²) in [5.74, 6) is 0.304. The van der Waals surface area contributed by atoms with Crippen molar-refractivity contribution in [2.24, 2.45) is 0 Å². The van der Waals surface area contributed by atoms with Gasteiger partial charge in [0.2, 0.25) is 0 Å². The smallest absolute Gasteiger partial charge is 0.123 e. The van der Waals surface area contributed by atoms with Gasteiger partial charge in [0.05, 0.1) is 11.9 Å². The molecule has 1 aromatic carbocycles. The highest BCUT2D eigenvalue weighted by atomic mass is 19.1. The molecule has 0 unspecified atom stereocenters. The van der Waals surface area contributed by atoms with E-state index in [0.717, 1.165) is 24.2 Å². The molecule has 2 rings (SSSR count). The highest BCUT2D eigenvalue weighted by Gasteiger charge is 1.95. The Kier molecular flexibility index (Phi) is 3.55. The van der Waals surface area contributed by atoms with Crippen molar-refractivity contribution in [1.82, 2.24) is 4.98 Å². The summed E-state index contributed by atoms with van der Waals surface area (Å²) < 4.78 is 12.7. The number of aromatic nitrogens is 1. The van der Waals surface area contributed by atoms with Crippen molar-refractivity contribution in [2.75, 3.05) is 17.6 Å². The molecule has 0 spiro atoms. The summed E-state index contributed by atoms with van der Waals surface area (Å²) >= 11 is 0. The van der Waals surface area contributed by atoms with Gasteiger partial charge in [-0.3, -0.25) is 0 Å². The van der Waals surface area contributed by atoms with Crippen LogP contribution in [-0.4, -0.2) is 11.5 Å². The van der Waals surface area contributed by atoms with Crippen LogP contribution in [0.3, 0.4) is 0 Å². The molecule has 0 fully saturated rings.